The molecule has 6 heteroatoms. The van der Waals surface area contributed by atoms with E-state index in [1.165, 1.54) is 0 Å². The number of aromatic nitrogens is 2. The Morgan fingerprint density at radius 3 is 2.87 bits per heavy atom. The molecular formula is C17H18N4O2. The Hall–Kier alpha value is -3.02. The Labute approximate surface area is 134 Å². The number of urea groups is 1. The van der Waals surface area contributed by atoms with Gasteiger partial charge >= 0.3 is 6.03 Å². The number of hydrogen-bond acceptors (Lipinski definition) is 3. The van der Waals surface area contributed by atoms with E-state index in [9.17, 15) is 4.79 Å². The van der Waals surface area contributed by atoms with Crippen LogP contribution in [-0.4, -0.2) is 27.8 Å². The lowest BCUT2D eigenvalue weighted by atomic mass is 10.2. The van der Waals surface area contributed by atoms with Gasteiger partial charge in [0.25, 0.3) is 0 Å². The zero-order chi connectivity index (χ0) is 16.2. The van der Waals surface area contributed by atoms with Crippen LogP contribution in [0.15, 0.2) is 59.3 Å². The maximum absolute atomic E-state index is 12.3. The molecule has 0 spiro atoms. The van der Waals surface area contributed by atoms with Gasteiger partial charge in [0, 0.05) is 24.6 Å². The highest BCUT2D eigenvalue weighted by molar-refractivity contribution is 5.89. The van der Waals surface area contributed by atoms with Crippen LogP contribution in [0.2, 0.25) is 0 Å². The predicted octanol–water partition coefficient (Wildman–Crippen LogP) is 3.44. The van der Waals surface area contributed by atoms with Crippen LogP contribution in [0.3, 0.4) is 0 Å². The molecule has 23 heavy (non-hydrogen) atoms. The number of furan rings is 1. The number of anilines is 1. The molecule has 118 valence electrons. The summed E-state index contributed by atoms with van der Waals surface area (Å²) in [5, 5.41) is 7.15. The van der Waals surface area contributed by atoms with Crippen molar-refractivity contribution < 1.29 is 9.21 Å². The summed E-state index contributed by atoms with van der Waals surface area (Å²) in [6.07, 6.45) is 3.34. The lowest BCUT2D eigenvalue weighted by Crippen LogP contribution is -2.30. The van der Waals surface area contributed by atoms with Gasteiger partial charge in [0.05, 0.1) is 18.5 Å². The van der Waals surface area contributed by atoms with Crippen molar-refractivity contribution in [2.24, 2.45) is 0 Å². The third-order valence-electron chi connectivity index (χ3n) is 3.49. The van der Waals surface area contributed by atoms with E-state index in [2.05, 4.69) is 10.4 Å². The van der Waals surface area contributed by atoms with Crippen molar-refractivity contribution in [1.82, 2.24) is 14.7 Å². The summed E-state index contributed by atoms with van der Waals surface area (Å²) in [6, 6.07) is 12.9. The fourth-order valence-corrected chi connectivity index (χ4v) is 2.28. The van der Waals surface area contributed by atoms with E-state index >= 15 is 0 Å². The maximum atomic E-state index is 12.3. The summed E-state index contributed by atoms with van der Waals surface area (Å²) >= 11 is 0. The number of rotatable bonds is 4. The zero-order valence-corrected chi connectivity index (χ0v) is 13.1. The van der Waals surface area contributed by atoms with Crippen LogP contribution in [0, 0.1) is 6.92 Å². The molecular weight excluding hydrogens is 292 g/mol. The molecule has 2 amide bonds. The first-order chi connectivity index (χ1) is 11.1. The largest absolute Gasteiger partial charge is 0.467 e. The number of carbonyl (C=O) groups excluding carboxylic acids is 1. The molecule has 6 nitrogen and oxygen atoms in total. The first kappa shape index (κ1) is 14.9. The molecule has 0 aliphatic heterocycles. The van der Waals surface area contributed by atoms with Gasteiger partial charge in [-0.25, -0.2) is 9.48 Å². The molecule has 0 atom stereocenters. The Morgan fingerprint density at radius 1 is 1.30 bits per heavy atom. The SMILES string of the molecule is Cc1ccnn1-c1cccc(NC(=O)N(C)Cc2ccco2)c1. The van der Waals surface area contributed by atoms with Crippen molar-refractivity contribution in [3.05, 3.63) is 66.4 Å². The van der Waals surface area contributed by atoms with Crippen molar-refractivity contribution in [3.63, 3.8) is 0 Å². The quantitative estimate of drug-likeness (QED) is 0.803. The van der Waals surface area contributed by atoms with Gasteiger partial charge in [0.15, 0.2) is 0 Å². The van der Waals surface area contributed by atoms with Crippen LogP contribution < -0.4 is 5.32 Å². The van der Waals surface area contributed by atoms with Gasteiger partial charge in [0.1, 0.15) is 5.76 Å². The highest BCUT2D eigenvalue weighted by Gasteiger charge is 2.11. The molecule has 0 aliphatic rings. The Bertz CT molecular complexity index is 793. The molecule has 0 unspecified atom stereocenters. The van der Waals surface area contributed by atoms with Gasteiger partial charge in [-0.1, -0.05) is 6.07 Å². The van der Waals surface area contributed by atoms with Crippen molar-refractivity contribution in [2.45, 2.75) is 13.5 Å². The molecule has 0 saturated heterocycles. The topological polar surface area (TPSA) is 63.3 Å². The minimum absolute atomic E-state index is 0.198. The summed E-state index contributed by atoms with van der Waals surface area (Å²) < 4.78 is 7.07. The number of aryl methyl sites for hydroxylation is 1. The van der Waals surface area contributed by atoms with Gasteiger partial charge in [-0.2, -0.15) is 5.10 Å². The molecule has 2 aromatic heterocycles. The van der Waals surface area contributed by atoms with Gasteiger partial charge in [-0.05, 0) is 43.3 Å². The van der Waals surface area contributed by atoms with Crippen molar-refractivity contribution in [2.75, 3.05) is 12.4 Å². The molecule has 3 rings (SSSR count). The monoisotopic (exact) mass is 310 g/mol. The second-order valence-corrected chi connectivity index (χ2v) is 5.30. The first-order valence-electron chi connectivity index (χ1n) is 7.29. The molecule has 0 aliphatic carbocycles. The van der Waals surface area contributed by atoms with Gasteiger partial charge in [0.2, 0.25) is 0 Å². The predicted molar refractivity (Wildman–Crippen MR) is 87.5 cm³/mol. The number of nitrogens with zero attached hydrogens (tertiary/aromatic N) is 3. The Balaban J connectivity index is 1.70. The molecule has 0 saturated carbocycles. The average molecular weight is 310 g/mol. The van der Waals surface area contributed by atoms with Crippen molar-refractivity contribution in [1.29, 1.82) is 0 Å². The molecule has 0 bridgehead atoms. The van der Waals surface area contributed by atoms with E-state index in [1.807, 2.05) is 48.0 Å². The van der Waals surface area contributed by atoms with E-state index in [0.29, 0.717) is 12.2 Å². The number of carbonyl (C=O) groups is 1. The minimum Gasteiger partial charge on any atom is -0.467 e. The highest BCUT2D eigenvalue weighted by Crippen LogP contribution is 2.16. The first-order valence-corrected chi connectivity index (χ1v) is 7.29. The maximum Gasteiger partial charge on any atom is 0.321 e. The standard InChI is InChI=1S/C17H18N4O2/c1-13-8-9-18-21(13)15-6-3-5-14(11-15)19-17(22)20(2)12-16-7-4-10-23-16/h3-11H,12H2,1-2H3,(H,19,22). The normalized spacial score (nSPS) is 10.5. The van der Waals surface area contributed by atoms with E-state index in [-0.39, 0.29) is 6.03 Å². The molecule has 2 heterocycles. The third-order valence-corrected chi connectivity index (χ3v) is 3.49. The summed E-state index contributed by atoms with van der Waals surface area (Å²) in [5.41, 5.74) is 2.65. The molecule has 0 radical (unpaired) electrons. The lowest BCUT2D eigenvalue weighted by molar-refractivity contribution is 0.217. The minimum atomic E-state index is -0.198. The average Bonchev–Trinajstić information content (AvgIpc) is 3.19. The summed E-state index contributed by atoms with van der Waals surface area (Å²) in [6.45, 7) is 2.40. The molecule has 0 fully saturated rings. The fraction of sp³-hybridized carbons (Fsp3) is 0.176. The lowest BCUT2D eigenvalue weighted by Gasteiger charge is -2.17. The van der Waals surface area contributed by atoms with Crippen LogP contribution in [0.25, 0.3) is 5.69 Å². The van der Waals surface area contributed by atoms with Crippen LogP contribution in [0.5, 0.6) is 0 Å². The molecule has 1 aromatic carbocycles. The number of hydrogen-bond donors (Lipinski definition) is 1. The number of amides is 2. The number of nitrogens with one attached hydrogen (secondary N) is 1. The second kappa shape index (κ2) is 6.39. The summed E-state index contributed by atoms with van der Waals surface area (Å²) in [4.78, 5) is 13.8. The zero-order valence-electron chi connectivity index (χ0n) is 13.1. The van der Waals surface area contributed by atoms with E-state index in [0.717, 1.165) is 17.1 Å². The highest BCUT2D eigenvalue weighted by atomic mass is 16.3. The molecule has 3 aromatic rings. The van der Waals surface area contributed by atoms with Gasteiger partial charge < -0.3 is 14.6 Å². The van der Waals surface area contributed by atoms with Crippen molar-refractivity contribution in [3.8, 4) is 5.69 Å². The van der Waals surface area contributed by atoms with Crippen LogP contribution in [0.1, 0.15) is 11.5 Å². The van der Waals surface area contributed by atoms with Crippen LogP contribution >= 0.6 is 0 Å². The van der Waals surface area contributed by atoms with Gasteiger partial charge in [-0.3, -0.25) is 0 Å². The van der Waals surface area contributed by atoms with Gasteiger partial charge in [-0.15, -0.1) is 0 Å². The van der Waals surface area contributed by atoms with E-state index in [4.69, 9.17) is 4.42 Å². The Morgan fingerprint density at radius 2 is 2.17 bits per heavy atom. The third kappa shape index (κ3) is 3.42. The molecule has 1 N–H and O–H groups in total. The fourth-order valence-electron chi connectivity index (χ4n) is 2.28. The van der Waals surface area contributed by atoms with E-state index < -0.39 is 0 Å². The Kier molecular flexibility index (Phi) is 4.14. The number of benzene rings is 1. The van der Waals surface area contributed by atoms with E-state index in [1.54, 1.807) is 30.5 Å². The summed E-state index contributed by atoms with van der Waals surface area (Å²) in [5.74, 6) is 0.739. The summed E-state index contributed by atoms with van der Waals surface area (Å²) in [7, 11) is 1.72. The second-order valence-electron chi connectivity index (χ2n) is 5.30. The van der Waals surface area contributed by atoms with Crippen LogP contribution in [-0.2, 0) is 6.54 Å². The van der Waals surface area contributed by atoms with Crippen LogP contribution in [0.4, 0.5) is 10.5 Å². The smallest absolute Gasteiger partial charge is 0.321 e. The van der Waals surface area contributed by atoms with Crippen molar-refractivity contribution >= 4 is 11.7 Å².